The van der Waals surface area contributed by atoms with E-state index in [1.807, 2.05) is 16.9 Å². The summed E-state index contributed by atoms with van der Waals surface area (Å²) in [6.45, 7) is 2.14. The summed E-state index contributed by atoms with van der Waals surface area (Å²) < 4.78 is 9.03. The summed E-state index contributed by atoms with van der Waals surface area (Å²) in [5, 5.41) is 22.6. The second-order valence-electron chi connectivity index (χ2n) is 8.12. The predicted molar refractivity (Wildman–Crippen MR) is 115 cm³/mol. The van der Waals surface area contributed by atoms with Crippen LogP contribution in [0.4, 0.5) is 5.82 Å². The molecule has 3 heterocycles. The fraction of sp³-hybridized carbons (Fsp3) is 0.364. The molecule has 3 atom stereocenters. The van der Waals surface area contributed by atoms with Crippen LogP contribution in [0.15, 0.2) is 42.9 Å². The lowest BCUT2D eigenvalue weighted by atomic mass is 9.84. The molecule has 5 rings (SSSR count). The van der Waals surface area contributed by atoms with E-state index in [2.05, 4.69) is 22.3 Å². The van der Waals surface area contributed by atoms with Crippen molar-refractivity contribution in [3.63, 3.8) is 0 Å². The molecule has 0 aliphatic heterocycles. The van der Waals surface area contributed by atoms with E-state index in [-0.39, 0.29) is 18.1 Å². The highest BCUT2D eigenvalue weighted by molar-refractivity contribution is 6.08. The van der Waals surface area contributed by atoms with E-state index >= 15 is 0 Å². The zero-order valence-electron chi connectivity index (χ0n) is 17.4. The maximum Gasteiger partial charge on any atom is 0.260 e. The number of fused-ring (bicyclic) bond motifs is 2. The molecule has 0 radical (unpaired) electrons. The van der Waals surface area contributed by atoms with E-state index < -0.39 is 0 Å². The van der Waals surface area contributed by atoms with Crippen LogP contribution in [-0.2, 0) is 0 Å². The summed E-state index contributed by atoms with van der Waals surface area (Å²) in [6.07, 6.45) is 7.36. The van der Waals surface area contributed by atoms with Crippen LogP contribution in [0.5, 0.6) is 5.75 Å². The molecule has 2 N–H and O–H groups in total. The average Bonchev–Trinajstić information content (AvgIpc) is 3.36. The lowest BCUT2D eigenvalue weighted by Crippen LogP contribution is -2.28. The number of benzene rings is 1. The largest absolute Gasteiger partial charge is 0.496 e. The molecular formula is C22H24N6O3. The number of carbonyl (C=O) groups excluding carboxylic acids is 1. The summed E-state index contributed by atoms with van der Waals surface area (Å²) in [4.78, 5) is 17.3. The van der Waals surface area contributed by atoms with Crippen LogP contribution in [0.3, 0.4) is 0 Å². The van der Waals surface area contributed by atoms with E-state index in [9.17, 15) is 9.90 Å². The zero-order chi connectivity index (χ0) is 21.5. The highest BCUT2D eigenvalue weighted by atomic mass is 16.5. The Morgan fingerprint density at radius 3 is 3.00 bits per heavy atom. The van der Waals surface area contributed by atoms with Gasteiger partial charge in [0, 0.05) is 23.8 Å². The third-order valence-corrected chi connectivity index (χ3v) is 6.04. The van der Waals surface area contributed by atoms with Gasteiger partial charge in [0.05, 0.1) is 36.5 Å². The maximum atomic E-state index is 13.1. The third-order valence-electron chi connectivity index (χ3n) is 6.04. The van der Waals surface area contributed by atoms with Crippen LogP contribution >= 0.6 is 0 Å². The van der Waals surface area contributed by atoms with E-state index in [0.29, 0.717) is 28.7 Å². The van der Waals surface area contributed by atoms with Crippen molar-refractivity contribution in [3.05, 3.63) is 48.4 Å². The van der Waals surface area contributed by atoms with Gasteiger partial charge in [-0.1, -0.05) is 6.92 Å². The lowest BCUT2D eigenvalue weighted by Gasteiger charge is -2.31. The molecule has 1 aromatic carbocycles. The molecule has 1 unspecified atom stereocenters. The number of imidazole rings is 1. The Morgan fingerprint density at radius 1 is 1.32 bits per heavy atom. The number of ether oxygens (including phenoxy) is 1. The standard InChI is InChI=1S/C22H24N6O3/c1-13-8-15(29)5-6-18(13)27-12-14-9-16(19(31-2)10-17(14)26-27)22(30)25-21-11-23-20-4-3-7-24-28(20)21/h3-4,7,9-13,15,18,29H,5-6,8H2,1-2H3,(H,25,30)/t13-,15+,18?/m0/s1. The van der Waals surface area contributed by atoms with E-state index in [1.165, 1.54) is 7.11 Å². The number of methoxy groups -OCH3 is 1. The summed E-state index contributed by atoms with van der Waals surface area (Å²) in [7, 11) is 1.54. The first-order valence-corrected chi connectivity index (χ1v) is 10.4. The van der Waals surface area contributed by atoms with Crippen molar-refractivity contribution in [2.45, 2.75) is 38.3 Å². The lowest BCUT2D eigenvalue weighted by molar-refractivity contribution is 0.0750. The van der Waals surface area contributed by atoms with Gasteiger partial charge in [-0.15, -0.1) is 0 Å². The van der Waals surface area contributed by atoms with Crippen molar-refractivity contribution in [1.82, 2.24) is 24.4 Å². The summed E-state index contributed by atoms with van der Waals surface area (Å²) in [5.41, 5.74) is 1.82. The van der Waals surface area contributed by atoms with Gasteiger partial charge >= 0.3 is 0 Å². The molecule has 9 nitrogen and oxygen atoms in total. The van der Waals surface area contributed by atoms with Crippen LogP contribution in [-0.4, -0.2) is 48.6 Å². The number of anilines is 1. The van der Waals surface area contributed by atoms with Crippen LogP contribution in [0.1, 0.15) is 42.6 Å². The number of amides is 1. The van der Waals surface area contributed by atoms with Gasteiger partial charge < -0.3 is 15.2 Å². The minimum atomic E-state index is -0.312. The van der Waals surface area contributed by atoms with Crippen molar-refractivity contribution in [2.24, 2.45) is 5.92 Å². The first-order valence-electron chi connectivity index (χ1n) is 10.4. The van der Waals surface area contributed by atoms with Crippen LogP contribution in [0, 0.1) is 5.92 Å². The Bertz CT molecular complexity index is 1260. The molecule has 160 valence electrons. The minimum Gasteiger partial charge on any atom is -0.496 e. The summed E-state index contributed by atoms with van der Waals surface area (Å²) in [5.74, 6) is 0.940. The Kier molecular flexibility index (Phi) is 4.82. The first kappa shape index (κ1) is 19.5. The zero-order valence-corrected chi connectivity index (χ0v) is 17.4. The Hall–Kier alpha value is -3.46. The molecule has 9 heteroatoms. The normalized spacial score (nSPS) is 21.5. The van der Waals surface area contributed by atoms with Gasteiger partial charge in [0.25, 0.3) is 5.91 Å². The van der Waals surface area contributed by atoms with Gasteiger partial charge in [0.1, 0.15) is 5.75 Å². The van der Waals surface area contributed by atoms with Gasteiger partial charge in [-0.05, 0) is 43.4 Å². The Balaban J connectivity index is 1.47. The number of nitrogens with one attached hydrogen (secondary N) is 1. The van der Waals surface area contributed by atoms with E-state index in [4.69, 9.17) is 9.84 Å². The second kappa shape index (κ2) is 7.66. The molecule has 1 amide bonds. The maximum absolute atomic E-state index is 13.1. The number of aromatic nitrogens is 5. The number of rotatable bonds is 4. The van der Waals surface area contributed by atoms with Gasteiger partial charge in [-0.2, -0.15) is 14.7 Å². The van der Waals surface area contributed by atoms with Gasteiger partial charge in [-0.3, -0.25) is 9.48 Å². The van der Waals surface area contributed by atoms with Gasteiger partial charge in [0.2, 0.25) is 0 Å². The van der Waals surface area contributed by atoms with Gasteiger partial charge in [0.15, 0.2) is 11.5 Å². The molecular weight excluding hydrogens is 396 g/mol. The molecule has 1 aliphatic carbocycles. The molecule has 4 aromatic rings. The van der Waals surface area contributed by atoms with Crippen LogP contribution < -0.4 is 10.1 Å². The Labute approximate surface area is 178 Å². The topological polar surface area (TPSA) is 107 Å². The SMILES string of the molecule is COc1cc2nn(C3CC[C@@H](O)C[C@@H]3C)cc2cc1C(=O)Nc1cnc2cccnn12. The van der Waals surface area contributed by atoms with E-state index in [0.717, 1.165) is 30.2 Å². The molecule has 0 saturated heterocycles. The highest BCUT2D eigenvalue weighted by Gasteiger charge is 2.28. The molecule has 31 heavy (non-hydrogen) atoms. The number of hydrogen-bond donors (Lipinski definition) is 2. The number of hydrogen-bond acceptors (Lipinski definition) is 6. The van der Waals surface area contributed by atoms with Crippen molar-refractivity contribution in [1.29, 1.82) is 0 Å². The summed E-state index contributed by atoms with van der Waals surface area (Å²) >= 11 is 0. The van der Waals surface area contributed by atoms with Crippen LogP contribution in [0.2, 0.25) is 0 Å². The van der Waals surface area contributed by atoms with E-state index in [1.54, 1.807) is 35.1 Å². The monoisotopic (exact) mass is 420 g/mol. The van der Waals surface area contributed by atoms with Crippen molar-refractivity contribution in [3.8, 4) is 5.75 Å². The molecule has 3 aromatic heterocycles. The summed E-state index contributed by atoms with van der Waals surface area (Å²) in [6, 6.07) is 7.41. The quantitative estimate of drug-likeness (QED) is 0.526. The van der Waals surface area contributed by atoms with Crippen molar-refractivity contribution >= 4 is 28.3 Å². The molecule has 1 saturated carbocycles. The Morgan fingerprint density at radius 2 is 2.19 bits per heavy atom. The molecule has 1 aliphatic rings. The third kappa shape index (κ3) is 3.50. The molecule has 0 spiro atoms. The fourth-order valence-electron chi connectivity index (χ4n) is 4.43. The first-order chi connectivity index (χ1) is 15.0. The average molecular weight is 420 g/mol. The van der Waals surface area contributed by atoms with Gasteiger partial charge in [-0.25, -0.2) is 4.98 Å². The minimum absolute atomic E-state index is 0.225. The van der Waals surface area contributed by atoms with Crippen molar-refractivity contribution in [2.75, 3.05) is 12.4 Å². The fourth-order valence-corrected chi connectivity index (χ4v) is 4.43. The van der Waals surface area contributed by atoms with Crippen molar-refractivity contribution < 1.29 is 14.6 Å². The number of aliphatic hydroxyl groups excluding tert-OH is 1. The second-order valence-corrected chi connectivity index (χ2v) is 8.12. The number of nitrogens with zero attached hydrogens (tertiary/aromatic N) is 5. The highest BCUT2D eigenvalue weighted by Crippen LogP contribution is 2.35. The number of aliphatic hydroxyl groups is 1. The van der Waals surface area contributed by atoms with Crippen LogP contribution in [0.25, 0.3) is 16.6 Å². The smallest absolute Gasteiger partial charge is 0.260 e. The predicted octanol–water partition coefficient (Wildman–Crippen LogP) is 3.06. The molecule has 1 fully saturated rings. The number of carbonyl (C=O) groups is 1. The molecule has 0 bridgehead atoms.